The highest BCUT2D eigenvalue weighted by molar-refractivity contribution is 7.15. The van der Waals surface area contributed by atoms with Crippen LogP contribution in [0.3, 0.4) is 0 Å². The van der Waals surface area contributed by atoms with Gasteiger partial charge in [-0.1, -0.05) is 0 Å². The van der Waals surface area contributed by atoms with Crippen LogP contribution >= 0.6 is 11.3 Å². The Morgan fingerprint density at radius 3 is 3.11 bits per heavy atom. The van der Waals surface area contributed by atoms with Gasteiger partial charge < -0.3 is 14.6 Å². The van der Waals surface area contributed by atoms with Gasteiger partial charge in [0.1, 0.15) is 0 Å². The summed E-state index contributed by atoms with van der Waals surface area (Å²) in [5.41, 5.74) is 0.922. The molecule has 2 heterocycles. The van der Waals surface area contributed by atoms with E-state index in [0.717, 1.165) is 10.7 Å². The van der Waals surface area contributed by atoms with Crippen molar-refractivity contribution in [2.75, 3.05) is 26.9 Å². The summed E-state index contributed by atoms with van der Waals surface area (Å²) in [6.07, 6.45) is 4.71. The fourth-order valence-corrected chi connectivity index (χ4v) is 2.40. The van der Waals surface area contributed by atoms with Gasteiger partial charge in [-0.05, 0) is 6.42 Å². The van der Waals surface area contributed by atoms with Gasteiger partial charge in [-0.2, -0.15) is 0 Å². The number of methoxy groups -OCH3 is 1. The second kappa shape index (κ2) is 6.84. The number of aliphatic hydroxyl groups is 1. The monoisotopic (exact) mass is 270 g/mol. The van der Waals surface area contributed by atoms with Gasteiger partial charge in [0.15, 0.2) is 4.96 Å². The van der Waals surface area contributed by atoms with E-state index in [4.69, 9.17) is 9.47 Å². The van der Waals surface area contributed by atoms with E-state index in [0.29, 0.717) is 32.7 Å². The fourth-order valence-electron chi connectivity index (χ4n) is 1.68. The highest BCUT2D eigenvalue weighted by atomic mass is 32.1. The minimum absolute atomic E-state index is 0.405. The number of hydrogen-bond acceptors (Lipinski definition) is 5. The second-order valence-electron chi connectivity index (χ2n) is 4.08. The Balaban J connectivity index is 1.70. The maximum Gasteiger partial charge on any atom is 0.193 e. The van der Waals surface area contributed by atoms with E-state index in [-0.39, 0.29) is 0 Å². The molecule has 0 aromatic carbocycles. The van der Waals surface area contributed by atoms with Crippen molar-refractivity contribution < 1.29 is 14.6 Å². The lowest BCUT2D eigenvalue weighted by atomic mass is 10.1. The Bertz CT molecular complexity index is 440. The molecule has 5 nitrogen and oxygen atoms in total. The average Bonchev–Trinajstić information content (AvgIpc) is 2.89. The summed E-state index contributed by atoms with van der Waals surface area (Å²) in [6.45, 7) is 1.71. The summed E-state index contributed by atoms with van der Waals surface area (Å²) in [4.78, 5) is 5.40. The summed E-state index contributed by atoms with van der Waals surface area (Å²) < 4.78 is 12.2. The summed E-state index contributed by atoms with van der Waals surface area (Å²) in [5, 5.41) is 11.9. The fraction of sp³-hybridized carbons (Fsp3) is 0.583. The number of thiazole rings is 1. The van der Waals surface area contributed by atoms with Crippen LogP contribution in [-0.4, -0.2) is 47.5 Å². The number of aliphatic hydroxyl groups excluding tert-OH is 1. The van der Waals surface area contributed by atoms with Gasteiger partial charge in [-0.25, -0.2) is 4.98 Å². The predicted molar refractivity (Wildman–Crippen MR) is 70.1 cm³/mol. The van der Waals surface area contributed by atoms with Crippen molar-refractivity contribution in [3.63, 3.8) is 0 Å². The van der Waals surface area contributed by atoms with Gasteiger partial charge in [0.25, 0.3) is 0 Å². The van der Waals surface area contributed by atoms with Crippen molar-refractivity contribution in [3.05, 3.63) is 23.5 Å². The van der Waals surface area contributed by atoms with Crippen molar-refractivity contribution in [1.29, 1.82) is 0 Å². The Hall–Kier alpha value is -0.950. The predicted octanol–water partition coefficient (Wildman–Crippen LogP) is 1.35. The molecule has 0 radical (unpaired) electrons. The van der Waals surface area contributed by atoms with E-state index in [1.165, 1.54) is 0 Å². The lowest BCUT2D eigenvalue weighted by Gasteiger charge is -2.09. The Labute approximate surface area is 110 Å². The van der Waals surface area contributed by atoms with Crippen LogP contribution in [-0.2, 0) is 15.9 Å². The molecule has 0 aliphatic carbocycles. The van der Waals surface area contributed by atoms with Crippen molar-refractivity contribution >= 4 is 16.3 Å². The number of rotatable bonds is 8. The third kappa shape index (κ3) is 3.78. The summed E-state index contributed by atoms with van der Waals surface area (Å²) in [7, 11) is 1.64. The zero-order valence-electron chi connectivity index (χ0n) is 10.4. The molecule has 0 aliphatic heterocycles. The first-order valence-corrected chi connectivity index (χ1v) is 6.83. The van der Waals surface area contributed by atoms with Gasteiger partial charge in [-0.15, -0.1) is 11.3 Å². The standard InChI is InChI=1S/C12H18N2O3S/c1-16-5-6-17-4-2-11(15)8-10-9-14-3-7-18-12(14)13-10/h3,7,9,11,15H,2,4-6,8H2,1H3. The molecule has 0 fully saturated rings. The molecule has 0 aliphatic rings. The van der Waals surface area contributed by atoms with Crippen LogP contribution in [0.5, 0.6) is 0 Å². The molecule has 0 spiro atoms. The highest BCUT2D eigenvalue weighted by Gasteiger charge is 2.09. The minimum atomic E-state index is -0.405. The van der Waals surface area contributed by atoms with E-state index in [1.54, 1.807) is 18.4 Å². The number of hydrogen-bond donors (Lipinski definition) is 1. The van der Waals surface area contributed by atoms with Crippen LogP contribution in [0, 0.1) is 0 Å². The van der Waals surface area contributed by atoms with Crippen LogP contribution in [0.25, 0.3) is 4.96 Å². The Kier molecular flexibility index (Phi) is 5.12. The molecule has 6 heteroatoms. The van der Waals surface area contributed by atoms with Crippen molar-refractivity contribution in [3.8, 4) is 0 Å². The third-order valence-corrected chi connectivity index (χ3v) is 3.39. The van der Waals surface area contributed by atoms with E-state index >= 15 is 0 Å². The highest BCUT2D eigenvalue weighted by Crippen LogP contribution is 2.13. The molecule has 1 atom stereocenters. The van der Waals surface area contributed by atoms with Crippen LogP contribution in [0.4, 0.5) is 0 Å². The van der Waals surface area contributed by atoms with Crippen LogP contribution < -0.4 is 0 Å². The third-order valence-electron chi connectivity index (χ3n) is 2.62. The average molecular weight is 270 g/mol. The molecule has 0 saturated heterocycles. The Morgan fingerprint density at radius 2 is 2.33 bits per heavy atom. The normalized spacial score (nSPS) is 13.2. The van der Waals surface area contributed by atoms with E-state index in [9.17, 15) is 5.11 Å². The molecule has 100 valence electrons. The number of aromatic nitrogens is 2. The molecule has 1 N–H and O–H groups in total. The molecule has 2 rings (SSSR count). The van der Waals surface area contributed by atoms with Crippen LogP contribution in [0.1, 0.15) is 12.1 Å². The molecule has 0 amide bonds. The minimum Gasteiger partial charge on any atom is -0.393 e. The van der Waals surface area contributed by atoms with E-state index in [1.807, 2.05) is 22.2 Å². The number of ether oxygens (including phenoxy) is 2. The van der Waals surface area contributed by atoms with Crippen LogP contribution in [0.2, 0.25) is 0 Å². The van der Waals surface area contributed by atoms with Crippen LogP contribution in [0.15, 0.2) is 17.8 Å². The number of imidazole rings is 1. The quantitative estimate of drug-likeness (QED) is 0.736. The number of nitrogens with zero attached hydrogens (tertiary/aromatic N) is 2. The summed E-state index contributed by atoms with van der Waals surface area (Å²) in [6, 6.07) is 0. The van der Waals surface area contributed by atoms with E-state index in [2.05, 4.69) is 4.98 Å². The smallest absolute Gasteiger partial charge is 0.193 e. The van der Waals surface area contributed by atoms with Gasteiger partial charge in [0, 0.05) is 37.9 Å². The molecule has 0 saturated carbocycles. The molecule has 18 heavy (non-hydrogen) atoms. The number of fused-ring (bicyclic) bond motifs is 1. The van der Waals surface area contributed by atoms with Gasteiger partial charge in [0.05, 0.1) is 25.0 Å². The molecular weight excluding hydrogens is 252 g/mol. The van der Waals surface area contributed by atoms with Crippen molar-refractivity contribution in [1.82, 2.24) is 9.38 Å². The van der Waals surface area contributed by atoms with Gasteiger partial charge >= 0.3 is 0 Å². The molecule has 1 unspecified atom stereocenters. The summed E-state index contributed by atoms with van der Waals surface area (Å²) >= 11 is 1.59. The summed E-state index contributed by atoms with van der Waals surface area (Å²) in [5.74, 6) is 0. The topological polar surface area (TPSA) is 56.0 Å². The van der Waals surface area contributed by atoms with Gasteiger partial charge in [-0.3, -0.25) is 4.40 Å². The first-order chi connectivity index (χ1) is 8.79. The first-order valence-electron chi connectivity index (χ1n) is 5.95. The SMILES string of the molecule is COCCOCCC(O)Cc1cn2ccsc2n1. The lowest BCUT2D eigenvalue weighted by molar-refractivity contribution is 0.0477. The van der Waals surface area contributed by atoms with E-state index < -0.39 is 6.10 Å². The zero-order chi connectivity index (χ0) is 12.8. The maximum atomic E-state index is 9.86. The molecular formula is C12H18N2O3S. The molecule has 0 bridgehead atoms. The van der Waals surface area contributed by atoms with Gasteiger partial charge in [0.2, 0.25) is 0 Å². The maximum absolute atomic E-state index is 9.86. The first kappa shape index (κ1) is 13.5. The van der Waals surface area contributed by atoms with Crippen molar-refractivity contribution in [2.45, 2.75) is 18.9 Å². The Morgan fingerprint density at radius 1 is 1.44 bits per heavy atom. The lowest BCUT2D eigenvalue weighted by Crippen LogP contribution is -2.15. The largest absolute Gasteiger partial charge is 0.393 e. The molecule has 2 aromatic rings. The van der Waals surface area contributed by atoms with Crippen molar-refractivity contribution in [2.24, 2.45) is 0 Å². The zero-order valence-corrected chi connectivity index (χ0v) is 11.2. The molecule has 2 aromatic heterocycles. The second-order valence-corrected chi connectivity index (χ2v) is 4.95.